The highest BCUT2D eigenvalue weighted by Gasteiger charge is 2.02. The van der Waals surface area contributed by atoms with E-state index in [1.54, 1.807) is 6.07 Å². The molecular formula is C10H11BrClFO2. The number of alkyl halides is 1. The van der Waals surface area contributed by atoms with Crippen molar-refractivity contribution in [3.63, 3.8) is 0 Å². The van der Waals surface area contributed by atoms with Crippen molar-refractivity contribution in [1.82, 2.24) is 0 Å². The second-order valence-electron chi connectivity index (χ2n) is 2.72. The van der Waals surface area contributed by atoms with Gasteiger partial charge in [-0.05, 0) is 28.1 Å². The van der Waals surface area contributed by atoms with Gasteiger partial charge in [-0.15, -0.1) is 11.6 Å². The quantitative estimate of drug-likeness (QED) is 0.593. The molecule has 0 aliphatic heterocycles. The molecule has 1 rings (SSSR count). The lowest BCUT2D eigenvalue weighted by molar-refractivity contribution is 0.111. The third kappa shape index (κ3) is 4.82. The van der Waals surface area contributed by atoms with Gasteiger partial charge >= 0.3 is 0 Å². The van der Waals surface area contributed by atoms with Crippen molar-refractivity contribution >= 4 is 27.5 Å². The molecule has 84 valence electrons. The molecule has 0 atom stereocenters. The van der Waals surface area contributed by atoms with Crippen molar-refractivity contribution in [1.29, 1.82) is 0 Å². The number of halogens is 3. The van der Waals surface area contributed by atoms with E-state index in [1.807, 2.05) is 0 Å². The minimum atomic E-state index is -0.324. The Morgan fingerprint density at radius 3 is 2.80 bits per heavy atom. The van der Waals surface area contributed by atoms with E-state index in [2.05, 4.69) is 15.9 Å². The predicted octanol–water partition coefficient (Wildman–Crippen LogP) is 3.22. The van der Waals surface area contributed by atoms with Gasteiger partial charge in [0.05, 0.1) is 17.7 Å². The summed E-state index contributed by atoms with van der Waals surface area (Å²) in [5, 5.41) is 0. The Labute approximate surface area is 101 Å². The molecule has 0 heterocycles. The lowest BCUT2D eigenvalue weighted by Gasteiger charge is -2.08. The van der Waals surface area contributed by atoms with E-state index in [4.69, 9.17) is 21.1 Å². The molecule has 0 aliphatic rings. The molecule has 0 aliphatic carbocycles. The van der Waals surface area contributed by atoms with Crippen molar-refractivity contribution in [2.75, 3.05) is 25.7 Å². The maximum absolute atomic E-state index is 12.8. The Hall–Kier alpha value is -0.320. The summed E-state index contributed by atoms with van der Waals surface area (Å²) in [4.78, 5) is 0. The summed E-state index contributed by atoms with van der Waals surface area (Å²) in [6.07, 6.45) is 0. The van der Waals surface area contributed by atoms with E-state index in [-0.39, 0.29) is 5.82 Å². The van der Waals surface area contributed by atoms with Crippen LogP contribution in [0.4, 0.5) is 4.39 Å². The summed E-state index contributed by atoms with van der Waals surface area (Å²) in [5.74, 6) is 0.614. The second kappa shape index (κ2) is 7.04. The maximum atomic E-state index is 12.8. The highest BCUT2D eigenvalue weighted by Crippen LogP contribution is 2.25. The van der Waals surface area contributed by atoms with Crippen LogP contribution >= 0.6 is 27.5 Å². The molecule has 0 saturated carbocycles. The van der Waals surface area contributed by atoms with Gasteiger partial charge in [-0.2, -0.15) is 0 Å². The van der Waals surface area contributed by atoms with Crippen LogP contribution in [0.2, 0.25) is 0 Å². The van der Waals surface area contributed by atoms with Crippen LogP contribution < -0.4 is 4.74 Å². The lowest BCUT2D eigenvalue weighted by atomic mass is 10.3. The van der Waals surface area contributed by atoms with Crippen LogP contribution in [-0.4, -0.2) is 25.7 Å². The zero-order chi connectivity index (χ0) is 11.1. The van der Waals surface area contributed by atoms with Crippen molar-refractivity contribution in [2.45, 2.75) is 0 Å². The molecule has 0 spiro atoms. The largest absolute Gasteiger partial charge is 0.490 e. The van der Waals surface area contributed by atoms with E-state index in [0.717, 1.165) is 4.47 Å². The smallest absolute Gasteiger partial charge is 0.136 e. The monoisotopic (exact) mass is 296 g/mol. The van der Waals surface area contributed by atoms with Gasteiger partial charge in [0.25, 0.3) is 0 Å². The number of benzene rings is 1. The fraction of sp³-hybridized carbons (Fsp3) is 0.400. The van der Waals surface area contributed by atoms with Gasteiger partial charge in [0.15, 0.2) is 0 Å². The van der Waals surface area contributed by atoms with Gasteiger partial charge < -0.3 is 9.47 Å². The van der Waals surface area contributed by atoms with Gasteiger partial charge in [0, 0.05) is 11.9 Å². The van der Waals surface area contributed by atoms with Gasteiger partial charge in [0.2, 0.25) is 0 Å². The van der Waals surface area contributed by atoms with Gasteiger partial charge in [-0.25, -0.2) is 4.39 Å². The standard InChI is InChI=1S/C10H11BrClFO2/c11-9-2-1-8(13)7-10(9)15-6-5-14-4-3-12/h1-2,7H,3-6H2. The first-order chi connectivity index (χ1) is 7.24. The fourth-order valence-electron chi connectivity index (χ4n) is 0.955. The Bertz CT molecular complexity index is 309. The molecule has 0 fully saturated rings. The third-order valence-corrected chi connectivity index (χ3v) is 2.41. The maximum Gasteiger partial charge on any atom is 0.136 e. The summed E-state index contributed by atoms with van der Waals surface area (Å²) in [5.41, 5.74) is 0. The normalized spacial score (nSPS) is 10.3. The summed E-state index contributed by atoms with van der Waals surface area (Å²) in [7, 11) is 0. The minimum Gasteiger partial charge on any atom is -0.490 e. The predicted molar refractivity (Wildman–Crippen MR) is 61.1 cm³/mol. The molecule has 2 nitrogen and oxygen atoms in total. The molecule has 0 aromatic heterocycles. The summed E-state index contributed by atoms with van der Waals surface area (Å²) >= 11 is 8.68. The van der Waals surface area contributed by atoms with Gasteiger partial charge in [-0.1, -0.05) is 0 Å². The van der Waals surface area contributed by atoms with Crippen LogP contribution in [0.25, 0.3) is 0 Å². The van der Waals surface area contributed by atoms with Crippen molar-refractivity contribution in [2.24, 2.45) is 0 Å². The molecule has 0 amide bonds. The molecule has 0 radical (unpaired) electrons. The summed E-state index contributed by atoms with van der Waals surface area (Å²) in [6.45, 7) is 1.31. The molecule has 1 aromatic carbocycles. The van der Waals surface area contributed by atoms with E-state index in [0.29, 0.717) is 31.5 Å². The molecule has 0 bridgehead atoms. The number of hydrogen-bond donors (Lipinski definition) is 0. The Kier molecular flexibility index (Phi) is 5.98. The zero-order valence-corrected chi connectivity index (χ0v) is 10.4. The SMILES string of the molecule is Fc1ccc(Br)c(OCCOCCCl)c1. The van der Waals surface area contributed by atoms with Crippen LogP contribution in [-0.2, 0) is 4.74 Å². The highest BCUT2D eigenvalue weighted by atomic mass is 79.9. The van der Waals surface area contributed by atoms with Crippen LogP contribution in [0.1, 0.15) is 0 Å². The molecule has 15 heavy (non-hydrogen) atoms. The number of ether oxygens (including phenoxy) is 2. The molecular weight excluding hydrogens is 286 g/mol. The lowest BCUT2D eigenvalue weighted by Crippen LogP contribution is -2.08. The zero-order valence-electron chi connectivity index (χ0n) is 8.01. The van der Waals surface area contributed by atoms with Crippen LogP contribution in [0, 0.1) is 5.82 Å². The van der Waals surface area contributed by atoms with E-state index in [1.165, 1.54) is 12.1 Å². The number of hydrogen-bond acceptors (Lipinski definition) is 2. The molecule has 1 aromatic rings. The average molecular weight is 298 g/mol. The summed E-state index contributed by atoms with van der Waals surface area (Å²) in [6, 6.07) is 4.29. The van der Waals surface area contributed by atoms with Gasteiger partial charge in [-0.3, -0.25) is 0 Å². The molecule has 0 N–H and O–H groups in total. The van der Waals surface area contributed by atoms with Crippen molar-refractivity contribution in [3.8, 4) is 5.75 Å². The summed E-state index contributed by atoms with van der Waals surface area (Å²) < 4.78 is 24.0. The Morgan fingerprint density at radius 1 is 1.27 bits per heavy atom. The van der Waals surface area contributed by atoms with Crippen LogP contribution in [0.5, 0.6) is 5.75 Å². The highest BCUT2D eigenvalue weighted by molar-refractivity contribution is 9.10. The molecule has 5 heteroatoms. The van der Waals surface area contributed by atoms with E-state index >= 15 is 0 Å². The topological polar surface area (TPSA) is 18.5 Å². The van der Waals surface area contributed by atoms with Crippen LogP contribution in [0.3, 0.4) is 0 Å². The van der Waals surface area contributed by atoms with Crippen LogP contribution in [0.15, 0.2) is 22.7 Å². The Balaban J connectivity index is 2.33. The third-order valence-electron chi connectivity index (χ3n) is 1.60. The minimum absolute atomic E-state index is 0.324. The van der Waals surface area contributed by atoms with Crippen molar-refractivity contribution in [3.05, 3.63) is 28.5 Å². The molecule has 0 unspecified atom stereocenters. The average Bonchev–Trinajstić information content (AvgIpc) is 2.23. The Morgan fingerprint density at radius 2 is 2.07 bits per heavy atom. The van der Waals surface area contributed by atoms with E-state index in [9.17, 15) is 4.39 Å². The first kappa shape index (κ1) is 12.7. The van der Waals surface area contributed by atoms with Crippen molar-refractivity contribution < 1.29 is 13.9 Å². The van der Waals surface area contributed by atoms with E-state index < -0.39 is 0 Å². The number of rotatable bonds is 6. The second-order valence-corrected chi connectivity index (χ2v) is 3.96. The first-order valence-corrected chi connectivity index (χ1v) is 5.78. The first-order valence-electron chi connectivity index (χ1n) is 4.45. The molecule has 0 saturated heterocycles. The fourth-order valence-corrected chi connectivity index (χ4v) is 1.43. The van der Waals surface area contributed by atoms with Gasteiger partial charge in [0.1, 0.15) is 18.2 Å².